The summed E-state index contributed by atoms with van der Waals surface area (Å²) in [6.45, 7) is 0.428. The van der Waals surface area contributed by atoms with Crippen LogP contribution in [0.4, 0.5) is 5.82 Å². The number of anilines is 1. The molecule has 3 heterocycles. The fourth-order valence-electron chi connectivity index (χ4n) is 5.05. The maximum Gasteiger partial charge on any atom is 0.232 e. The van der Waals surface area contributed by atoms with Crippen molar-refractivity contribution in [2.75, 3.05) is 12.4 Å². The molecule has 0 radical (unpaired) electrons. The van der Waals surface area contributed by atoms with E-state index in [4.69, 9.17) is 4.98 Å². The molecule has 38 heavy (non-hydrogen) atoms. The van der Waals surface area contributed by atoms with Gasteiger partial charge >= 0.3 is 0 Å². The van der Waals surface area contributed by atoms with Gasteiger partial charge in [-0.25, -0.2) is 9.97 Å². The number of nitrogens with zero attached hydrogens (tertiary/aromatic N) is 3. The molecular weight excluding hydrogens is 472 g/mol. The van der Waals surface area contributed by atoms with E-state index in [0.29, 0.717) is 6.54 Å². The van der Waals surface area contributed by atoms with Gasteiger partial charge in [-0.3, -0.25) is 4.79 Å². The summed E-state index contributed by atoms with van der Waals surface area (Å²) in [6.07, 6.45) is 1.81. The summed E-state index contributed by atoms with van der Waals surface area (Å²) in [5, 5.41) is 7.32. The highest BCUT2D eigenvalue weighted by Gasteiger charge is 2.22. The van der Waals surface area contributed by atoms with Gasteiger partial charge in [0.05, 0.1) is 17.8 Å². The predicted octanol–water partition coefficient (Wildman–Crippen LogP) is 5.61. The molecule has 0 spiro atoms. The number of amides is 1. The number of hydrogen-bond acceptors (Lipinski definition) is 4. The van der Waals surface area contributed by atoms with E-state index in [0.717, 1.165) is 55.8 Å². The lowest BCUT2D eigenvalue weighted by molar-refractivity contribution is -0.121. The Labute approximate surface area is 220 Å². The van der Waals surface area contributed by atoms with E-state index in [9.17, 15) is 4.79 Å². The topological polar surface area (TPSA) is 87.6 Å². The number of rotatable bonds is 7. The molecule has 0 saturated carbocycles. The number of nitrogens with one attached hydrogen (secondary N) is 3. The van der Waals surface area contributed by atoms with Crippen molar-refractivity contribution in [3.8, 4) is 11.3 Å². The Bertz CT molecular complexity index is 1700. The van der Waals surface area contributed by atoms with Gasteiger partial charge in [0.15, 0.2) is 5.82 Å². The number of aromatic nitrogens is 4. The molecular formula is C31H28N6O. The number of aromatic amines is 1. The van der Waals surface area contributed by atoms with Gasteiger partial charge in [-0.2, -0.15) is 0 Å². The summed E-state index contributed by atoms with van der Waals surface area (Å²) >= 11 is 0. The van der Waals surface area contributed by atoms with Crippen molar-refractivity contribution in [3.63, 3.8) is 0 Å². The lowest BCUT2D eigenvalue weighted by Gasteiger charge is -2.18. The Morgan fingerprint density at radius 3 is 2.34 bits per heavy atom. The van der Waals surface area contributed by atoms with Gasteiger partial charge in [0.2, 0.25) is 5.91 Å². The molecule has 0 atom stereocenters. The van der Waals surface area contributed by atoms with Crippen LogP contribution in [0.15, 0.2) is 97.3 Å². The van der Waals surface area contributed by atoms with Gasteiger partial charge in [-0.15, -0.1) is 0 Å². The molecule has 0 unspecified atom stereocenters. The summed E-state index contributed by atoms with van der Waals surface area (Å²) in [6, 6.07) is 30.1. The maximum absolute atomic E-state index is 13.4. The van der Waals surface area contributed by atoms with Crippen molar-refractivity contribution < 1.29 is 4.79 Å². The van der Waals surface area contributed by atoms with E-state index in [1.165, 1.54) is 0 Å². The van der Waals surface area contributed by atoms with Crippen molar-refractivity contribution in [1.82, 2.24) is 24.8 Å². The lowest BCUT2D eigenvalue weighted by Crippen LogP contribution is -2.29. The summed E-state index contributed by atoms with van der Waals surface area (Å²) in [5.41, 5.74) is 7.61. The summed E-state index contributed by atoms with van der Waals surface area (Å²) in [4.78, 5) is 26.2. The van der Waals surface area contributed by atoms with Crippen LogP contribution in [0.3, 0.4) is 0 Å². The standard InChI is InChI=1S/C31H28N6O/c1-32-30-27-28(37(2)19-34-27)24-17-25(35-29(24)36-30)23-15-9-10-20(16-23)18-33-31(38)26(21-11-5-3-6-12-21)22-13-7-4-8-14-22/h3-17,19,26H,18H2,1-2H3,(H,33,38)(H2,32,35,36). The second kappa shape index (κ2) is 9.86. The zero-order chi connectivity index (χ0) is 26.1. The number of benzene rings is 3. The van der Waals surface area contributed by atoms with Crippen LogP contribution in [0.25, 0.3) is 33.3 Å². The normalized spacial score (nSPS) is 11.3. The van der Waals surface area contributed by atoms with Crippen molar-refractivity contribution in [3.05, 3.63) is 114 Å². The van der Waals surface area contributed by atoms with Crippen LogP contribution in [0.5, 0.6) is 0 Å². The molecule has 3 aromatic heterocycles. The van der Waals surface area contributed by atoms with Crippen molar-refractivity contribution >= 4 is 33.8 Å². The molecule has 0 aliphatic heterocycles. The first-order valence-electron chi connectivity index (χ1n) is 12.6. The van der Waals surface area contributed by atoms with Crippen LogP contribution in [0.1, 0.15) is 22.6 Å². The highest BCUT2D eigenvalue weighted by Crippen LogP contribution is 2.32. The second-order valence-corrected chi connectivity index (χ2v) is 9.38. The molecule has 3 N–H and O–H groups in total. The minimum Gasteiger partial charge on any atom is -0.371 e. The number of pyridine rings is 1. The minimum atomic E-state index is -0.372. The average Bonchev–Trinajstić information content (AvgIpc) is 3.56. The number of H-pyrrole nitrogens is 1. The predicted molar refractivity (Wildman–Crippen MR) is 152 cm³/mol. The largest absolute Gasteiger partial charge is 0.371 e. The molecule has 7 nitrogen and oxygen atoms in total. The molecule has 0 bridgehead atoms. The van der Waals surface area contributed by atoms with Crippen LogP contribution in [-0.2, 0) is 18.4 Å². The first kappa shape index (κ1) is 23.5. The highest BCUT2D eigenvalue weighted by molar-refractivity contribution is 6.07. The van der Waals surface area contributed by atoms with Crippen LogP contribution >= 0.6 is 0 Å². The average molecular weight is 501 g/mol. The van der Waals surface area contributed by atoms with Crippen LogP contribution in [0.2, 0.25) is 0 Å². The minimum absolute atomic E-state index is 0.0270. The number of hydrogen-bond donors (Lipinski definition) is 3. The van der Waals surface area contributed by atoms with Gasteiger partial charge in [-0.05, 0) is 34.4 Å². The van der Waals surface area contributed by atoms with Crippen molar-refractivity contribution in [1.29, 1.82) is 0 Å². The molecule has 0 fully saturated rings. The monoisotopic (exact) mass is 500 g/mol. The Hall–Kier alpha value is -4.91. The third-order valence-corrected chi connectivity index (χ3v) is 6.91. The van der Waals surface area contributed by atoms with Crippen LogP contribution < -0.4 is 10.6 Å². The molecule has 0 saturated heterocycles. The Morgan fingerprint density at radius 1 is 0.947 bits per heavy atom. The fourth-order valence-corrected chi connectivity index (χ4v) is 5.05. The first-order valence-corrected chi connectivity index (χ1v) is 12.6. The first-order chi connectivity index (χ1) is 18.6. The summed E-state index contributed by atoms with van der Waals surface area (Å²) in [7, 11) is 3.84. The number of imidazole rings is 1. The molecule has 0 aliphatic rings. The number of fused-ring (bicyclic) bond motifs is 3. The Balaban J connectivity index is 1.28. The van der Waals surface area contributed by atoms with Gasteiger partial charge in [0, 0.05) is 31.7 Å². The van der Waals surface area contributed by atoms with Gasteiger partial charge in [-0.1, -0.05) is 78.9 Å². The maximum atomic E-state index is 13.4. The number of carbonyl (C=O) groups excluding carboxylic acids is 1. The molecule has 3 aromatic carbocycles. The molecule has 6 aromatic rings. The quantitative estimate of drug-likeness (QED) is 0.266. The van der Waals surface area contributed by atoms with Crippen molar-refractivity contribution in [2.24, 2.45) is 7.05 Å². The van der Waals surface area contributed by atoms with Gasteiger partial charge in [0.25, 0.3) is 0 Å². The van der Waals surface area contributed by atoms with E-state index in [2.05, 4.69) is 38.8 Å². The summed E-state index contributed by atoms with van der Waals surface area (Å²) in [5.74, 6) is 0.341. The Kier molecular flexibility index (Phi) is 6.09. The third-order valence-electron chi connectivity index (χ3n) is 6.91. The van der Waals surface area contributed by atoms with E-state index in [-0.39, 0.29) is 11.8 Å². The van der Waals surface area contributed by atoms with Gasteiger partial charge < -0.3 is 20.2 Å². The van der Waals surface area contributed by atoms with E-state index < -0.39 is 0 Å². The fraction of sp³-hybridized carbons (Fsp3) is 0.129. The number of aryl methyl sites for hydroxylation is 1. The molecule has 6 rings (SSSR count). The highest BCUT2D eigenvalue weighted by atomic mass is 16.1. The number of carbonyl (C=O) groups is 1. The van der Waals surface area contributed by atoms with E-state index >= 15 is 0 Å². The molecule has 7 heteroatoms. The Morgan fingerprint density at radius 2 is 1.66 bits per heavy atom. The molecule has 1 amide bonds. The zero-order valence-electron chi connectivity index (χ0n) is 21.3. The van der Waals surface area contributed by atoms with Gasteiger partial charge in [0.1, 0.15) is 11.2 Å². The van der Waals surface area contributed by atoms with E-state index in [1.807, 2.05) is 91.5 Å². The second-order valence-electron chi connectivity index (χ2n) is 9.38. The van der Waals surface area contributed by atoms with Crippen LogP contribution in [0, 0.1) is 0 Å². The third kappa shape index (κ3) is 4.28. The molecule has 0 aliphatic carbocycles. The SMILES string of the molecule is CNc1nc2[nH]c(-c3cccc(CNC(=O)C(c4ccccc4)c4ccccc4)c3)cc2c2c1ncn2C. The zero-order valence-corrected chi connectivity index (χ0v) is 21.3. The lowest BCUT2D eigenvalue weighted by atomic mass is 9.90. The van der Waals surface area contributed by atoms with Crippen LogP contribution in [-0.4, -0.2) is 32.5 Å². The van der Waals surface area contributed by atoms with E-state index in [1.54, 1.807) is 6.33 Å². The van der Waals surface area contributed by atoms with Crippen molar-refractivity contribution in [2.45, 2.75) is 12.5 Å². The smallest absolute Gasteiger partial charge is 0.232 e. The summed E-state index contributed by atoms with van der Waals surface area (Å²) < 4.78 is 2.01. The molecule has 188 valence electrons.